The van der Waals surface area contributed by atoms with Gasteiger partial charge in [0.1, 0.15) is 11.9 Å². The summed E-state index contributed by atoms with van der Waals surface area (Å²) < 4.78 is 13.9. The topological polar surface area (TPSA) is 86.7 Å². The predicted octanol–water partition coefficient (Wildman–Crippen LogP) is 4.51. The molecule has 34 heavy (non-hydrogen) atoms. The number of carboxylic acid groups (broad SMARTS) is 1. The molecule has 0 unspecified atom stereocenters. The van der Waals surface area contributed by atoms with E-state index in [0.717, 1.165) is 5.56 Å². The van der Waals surface area contributed by atoms with Gasteiger partial charge in [0.05, 0.1) is 10.0 Å². The van der Waals surface area contributed by atoms with E-state index < -0.39 is 17.8 Å². The Kier molecular flexibility index (Phi) is 9.30. The van der Waals surface area contributed by atoms with Crippen molar-refractivity contribution in [2.75, 3.05) is 13.1 Å². The number of halogens is 3. The number of amides is 2. The Balaban J connectivity index is 1.43. The molecule has 0 spiro atoms. The highest BCUT2D eigenvalue weighted by Gasteiger charge is 2.27. The molecule has 0 aliphatic carbocycles. The summed E-state index contributed by atoms with van der Waals surface area (Å²) in [5.74, 6) is -1.99. The molecule has 0 radical (unpaired) electrons. The monoisotopic (exact) mass is 508 g/mol. The van der Waals surface area contributed by atoms with Gasteiger partial charge in [0.15, 0.2) is 0 Å². The van der Waals surface area contributed by atoms with Crippen LogP contribution in [-0.2, 0) is 27.2 Å². The van der Waals surface area contributed by atoms with E-state index >= 15 is 0 Å². The lowest BCUT2D eigenvalue weighted by molar-refractivity contribution is -0.142. The molecule has 3 rings (SSSR count). The largest absolute Gasteiger partial charge is 0.480 e. The first kappa shape index (κ1) is 26.0. The van der Waals surface area contributed by atoms with Gasteiger partial charge in [0.25, 0.3) is 0 Å². The lowest BCUT2D eigenvalue weighted by Gasteiger charge is -2.32. The van der Waals surface area contributed by atoms with Gasteiger partial charge in [-0.1, -0.05) is 47.5 Å². The summed E-state index contributed by atoms with van der Waals surface area (Å²) in [6, 6.07) is 10.0. The fourth-order valence-electron chi connectivity index (χ4n) is 4.09. The van der Waals surface area contributed by atoms with Crippen molar-refractivity contribution in [1.82, 2.24) is 10.2 Å². The van der Waals surface area contributed by atoms with Crippen LogP contribution in [0.5, 0.6) is 0 Å². The maximum absolute atomic E-state index is 13.9. The quantitative estimate of drug-likeness (QED) is 0.521. The first-order valence-corrected chi connectivity index (χ1v) is 12.0. The molecule has 2 aromatic rings. The van der Waals surface area contributed by atoms with Gasteiger partial charge in [-0.15, -0.1) is 0 Å². The summed E-state index contributed by atoms with van der Waals surface area (Å²) >= 11 is 11.9. The Morgan fingerprint density at radius 1 is 1.09 bits per heavy atom. The first-order valence-electron chi connectivity index (χ1n) is 11.2. The van der Waals surface area contributed by atoms with Crippen LogP contribution in [0.3, 0.4) is 0 Å². The fourth-order valence-corrected chi connectivity index (χ4v) is 4.41. The van der Waals surface area contributed by atoms with Gasteiger partial charge in [-0.2, -0.15) is 0 Å². The molecule has 0 saturated carbocycles. The van der Waals surface area contributed by atoms with Gasteiger partial charge in [-0.3, -0.25) is 9.59 Å². The molecule has 2 aromatic carbocycles. The van der Waals surface area contributed by atoms with Crippen LogP contribution in [0.1, 0.15) is 36.8 Å². The van der Waals surface area contributed by atoms with E-state index in [1.807, 2.05) is 6.07 Å². The van der Waals surface area contributed by atoms with Crippen molar-refractivity contribution >= 4 is 41.0 Å². The second-order valence-corrected chi connectivity index (χ2v) is 9.35. The van der Waals surface area contributed by atoms with Gasteiger partial charge in [0.2, 0.25) is 11.8 Å². The van der Waals surface area contributed by atoms with Crippen LogP contribution in [0.2, 0.25) is 10.0 Å². The zero-order valence-electron chi connectivity index (χ0n) is 18.6. The minimum absolute atomic E-state index is 0.0461. The lowest BCUT2D eigenvalue weighted by atomic mass is 9.92. The summed E-state index contributed by atoms with van der Waals surface area (Å²) in [5, 5.41) is 12.9. The van der Waals surface area contributed by atoms with Crippen LogP contribution >= 0.6 is 23.2 Å². The number of carboxylic acids is 1. The molecule has 1 atom stereocenters. The number of rotatable bonds is 9. The highest BCUT2D eigenvalue weighted by molar-refractivity contribution is 6.42. The van der Waals surface area contributed by atoms with Gasteiger partial charge in [-0.25, -0.2) is 9.18 Å². The van der Waals surface area contributed by atoms with E-state index in [2.05, 4.69) is 5.32 Å². The van der Waals surface area contributed by atoms with Crippen molar-refractivity contribution in [1.29, 1.82) is 0 Å². The maximum atomic E-state index is 13.9. The molecular formula is C25H27Cl2FN2O4. The third-order valence-electron chi connectivity index (χ3n) is 6.07. The number of piperidine rings is 1. The summed E-state index contributed by atoms with van der Waals surface area (Å²) in [7, 11) is 0. The van der Waals surface area contributed by atoms with Crippen LogP contribution in [0.4, 0.5) is 4.39 Å². The summed E-state index contributed by atoms with van der Waals surface area (Å²) in [6.45, 7) is 1.10. The number of hydrogen-bond donors (Lipinski definition) is 2. The van der Waals surface area contributed by atoms with E-state index in [0.29, 0.717) is 48.8 Å². The van der Waals surface area contributed by atoms with Crippen LogP contribution in [0.25, 0.3) is 0 Å². The minimum Gasteiger partial charge on any atom is -0.480 e. The standard InChI is InChI=1S/C25H27Cl2FN2O4/c26-19-7-5-16(13-20(19)27)6-8-24(32)30-11-9-17(10-12-30)14-23(31)29-22(25(33)34)15-18-3-1-2-4-21(18)28/h1-5,7,13,17,22H,6,8-12,14-15H2,(H,29,31)(H,33,34)/t22-/m0/s1. The minimum atomic E-state index is -1.21. The fraction of sp³-hybridized carbons (Fsp3) is 0.400. The highest BCUT2D eigenvalue weighted by Crippen LogP contribution is 2.24. The van der Waals surface area contributed by atoms with Crippen molar-refractivity contribution in [3.63, 3.8) is 0 Å². The molecule has 2 amide bonds. The maximum Gasteiger partial charge on any atom is 0.326 e. The Morgan fingerprint density at radius 2 is 1.79 bits per heavy atom. The third-order valence-corrected chi connectivity index (χ3v) is 6.81. The van der Waals surface area contributed by atoms with Crippen LogP contribution in [-0.4, -0.2) is 46.9 Å². The summed E-state index contributed by atoms with van der Waals surface area (Å²) in [4.78, 5) is 38.4. The highest BCUT2D eigenvalue weighted by atomic mass is 35.5. The van der Waals surface area contributed by atoms with Gasteiger partial charge < -0.3 is 15.3 Å². The zero-order valence-corrected chi connectivity index (χ0v) is 20.1. The number of hydrogen-bond acceptors (Lipinski definition) is 3. The van der Waals surface area contributed by atoms with Gasteiger partial charge >= 0.3 is 5.97 Å². The molecule has 2 N–H and O–H groups in total. The van der Waals surface area contributed by atoms with Gasteiger partial charge in [-0.05, 0) is 54.5 Å². The average Bonchev–Trinajstić information content (AvgIpc) is 2.81. The SMILES string of the molecule is O=C(CC1CCN(C(=O)CCc2ccc(Cl)c(Cl)c2)CC1)N[C@@H](Cc1ccccc1F)C(=O)O. The smallest absolute Gasteiger partial charge is 0.326 e. The van der Waals surface area contributed by atoms with E-state index in [1.54, 1.807) is 23.1 Å². The Morgan fingerprint density at radius 3 is 2.44 bits per heavy atom. The number of nitrogens with one attached hydrogen (secondary N) is 1. The Hall–Kier alpha value is -2.64. The van der Waals surface area contributed by atoms with E-state index in [4.69, 9.17) is 23.2 Å². The molecule has 1 aliphatic heterocycles. The van der Waals surface area contributed by atoms with Gasteiger partial charge in [0, 0.05) is 32.4 Å². The van der Waals surface area contributed by atoms with Crippen LogP contribution < -0.4 is 5.32 Å². The summed E-state index contributed by atoms with van der Waals surface area (Å²) in [6.07, 6.45) is 2.30. The molecule has 1 fully saturated rings. The molecule has 1 heterocycles. The predicted molar refractivity (Wildman–Crippen MR) is 128 cm³/mol. The first-order chi connectivity index (χ1) is 16.2. The molecule has 9 heteroatoms. The third kappa shape index (κ3) is 7.43. The lowest BCUT2D eigenvalue weighted by Crippen LogP contribution is -2.44. The zero-order chi connectivity index (χ0) is 24.7. The van der Waals surface area contributed by atoms with E-state index in [-0.39, 0.29) is 36.1 Å². The number of aryl methyl sites for hydroxylation is 1. The number of carbonyl (C=O) groups excluding carboxylic acids is 2. The number of likely N-dealkylation sites (tertiary alicyclic amines) is 1. The number of benzene rings is 2. The van der Waals surface area contributed by atoms with Crippen molar-refractivity contribution in [2.45, 2.75) is 44.6 Å². The van der Waals surface area contributed by atoms with Crippen LogP contribution in [0.15, 0.2) is 42.5 Å². The molecule has 1 aliphatic rings. The molecule has 0 bridgehead atoms. The van der Waals surface area contributed by atoms with E-state index in [9.17, 15) is 23.9 Å². The van der Waals surface area contributed by atoms with Crippen molar-refractivity contribution in [2.24, 2.45) is 5.92 Å². The number of nitrogens with zero attached hydrogens (tertiary/aromatic N) is 1. The molecule has 182 valence electrons. The summed E-state index contributed by atoms with van der Waals surface area (Å²) in [5.41, 5.74) is 1.18. The molecule has 1 saturated heterocycles. The molecule has 6 nitrogen and oxygen atoms in total. The average molecular weight is 509 g/mol. The second kappa shape index (κ2) is 12.2. The molecular weight excluding hydrogens is 482 g/mol. The van der Waals surface area contributed by atoms with Crippen LogP contribution in [0, 0.1) is 11.7 Å². The molecule has 0 aromatic heterocycles. The van der Waals surface area contributed by atoms with Crippen molar-refractivity contribution < 1.29 is 23.9 Å². The Bertz CT molecular complexity index is 1040. The van der Waals surface area contributed by atoms with Crippen molar-refractivity contribution in [3.05, 3.63) is 69.5 Å². The second-order valence-electron chi connectivity index (χ2n) is 8.53. The van der Waals surface area contributed by atoms with E-state index in [1.165, 1.54) is 18.2 Å². The number of carbonyl (C=O) groups is 3. The number of aliphatic carboxylic acids is 1. The van der Waals surface area contributed by atoms with Crippen molar-refractivity contribution in [3.8, 4) is 0 Å². The normalized spacial score (nSPS) is 15.1. The Labute approximate surface area is 208 Å².